The van der Waals surface area contributed by atoms with Crippen molar-refractivity contribution in [2.45, 2.75) is 32.8 Å². The van der Waals surface area contributed by atoms with Gasteiger partial charge in [-0.2, -0.15) is 0 Å². The molecule has 0 aliphatic carbocycles. The van der Waals surface area contributed by atoms with E-state index in [-0.39, 0.29) is 6.09 Å². The quantitative estimate of drug-likeness (QED) is 0.847. The number of carbonyl (C=O) groups is 1. The monoisotopic (exact) mass is 311 g/mol. The average Bonchev–Trinajstić information content (AvgIpc) is 2.83. The Hall–Kier alpha value is -1.42. The fourth-order valence-electron chi connectivity index (χ4n) is 2.23. The highest BCUT2D eigenvalue weighted by Gasteiger charge is 2.30. The molecule has 0 unspecified atom stereocenters. The zero-order chi connectivity index (χ0) is 15.5. The van der Waals surface area contributed by atoms with Gasteiger partial charge in [-0.25, -0.2) is 4.79 Å². The Bertz CT molecular complexity index is 499. The molecule has 2 rings (SSSR count). The molecule has 0 aromatic heterocycles. The molecule has 1 heterocycles. The number of hydrogen-bond acceptors (Lipinski definition) is 3. The minimum absolute atomic E-state index is 0.243. The second kappa shape index (κ2) is 6.56. The molecule has 0 saturated carbocycles. The standard InChI is InChI=1S/C16H22ClNO3/c1-16(2,3)21-15(19)18-8-7-12(10-18)11-20-14-6-4-5-13(17)9-14/h4-6,9,12H,7-8,10-11H2,1-3H3/t12-/m0/s1. The number of hydrogen-bond donors (Lipinski definition) is 0. The van der Waals surface area contributed by atoms with Gasteiger partial charge in [0.15, 0.2) is 0 Å². The molecule has 1 atom stereocenters. The van der Waals surface area contributed by atoms with Crippen molar-refractivity contribution in [1.29, 1.82) is 0 Å². The molecule has 116 valence electrons. The van der Waals surface area contributed by atoms with Gasteiger partial charge in [0, 0.05) is 24.0 Å². The second-order valence-corrected chi connectivity index (χ2v) is 6.79. The molecule has 0 radical (unpaired) electrons. The third-order valence-electron chi connectivity index (χ3n) is 3.22. The highest BCUT2D eigenvalue weighted by molar-refractivity contribution is 6.30. The van der Waals surface area contributed by atoms with E-state index in [0.29, 0.717) is 24.1 Å². The van der Waals surface area contributed by atoms with Gasteiger partial charge in [0.05, 0.1) is 6.61 Å². The number of halogens is 1. The van der Waals surface area contributed by atoms with Crippen LogP contribution < -0.4 is 4.74 Å². The van der Waals surface area contributed by atoms with Gasteiger partial charge in [0.1, 0.15) is 11.4 Å². The van der Waals surface area contributed by atoms with E-state index in [9.17, 15) is 4.79 Å². The second-order valence-electron chi connectivity index (χ2n) is 6.35. The maximum atomic E-state index is 12.0. The summed E-state index contributed by atoms with van der Waals surface area (Å²) >= 11 is 5.92. The molecule has 0 N–H and O–H groups in total. The molecule has 1 fully saturated rings. The summed E-state index contributed by atoms with van der Waals surface area (Å²) in [4.78, 5) is 13.7. The summed E-state index contributed by atoms with van der Waals surface area (Å²) in [5.41, 5.74) is -0.452. The Morgan fingerprint density at radius 2 is 2.19 bits per heavy atom. The van der Waals surface area contributed by atoms with E-state index in [1.807, 2.05) is 39.0 Å². The normalized spacial score (nSPS) is 18.7. The Labute approximate surface area is 131 Å². The topological polar surface area (TPSA) is 38.8 Å². The lowest BCUT2D eigenvalue weighted by Gasteiger charge is -2.24. The molecule has 21 heavy (non-hydrogen) atoms. The van der Waals surface area contributed by atoms with Crippen LogP contribution in [0.1, 0.15) is 27.2 Å². The maximum absolute atomic E-state index is 12.0. The van der Waals surface area contributed by atoms with E-state index in [1.54, 1.807) is 11.0 Å². The van der Waals surface area contributed by atoms with Gasteiger partial charge >= 0.3 is 6.09 Å². The number of amides is 1. The lowest BCUT2D eigenvalue weighted by Crippen LogP contribution is -2.35. The largest absolute Gasteiger partial charge is 0.493 e. The molecule has 0 spiro atoms. The SMILES string of the molecule is CC(C)(C)OC(=O)N1CC[C@H](COc2cccc(Cl)c2)C1. The van der Waals surface area contributed by atoms with Crippen molar-refractivity contribution >= 4 is 17.7 Å². The van der Waals surface area contributed by atoms with Crippen molar-refractivity contribution < 1.29 is 14.3 Å². The zero-order valence-electron chi connectivity index (χ0n) is 12.8. The van der Waals surface area contributed by atoms with Gasteiger partial charge < -0.3 is 14.4 Å². The minimum atomic E-state index is -0.452. The van der Waals surface area contributed by atoms with Gasteiger partial charge in [0.25, 0.3) is 0 Å². The predicted molar refractivity (Wildman–Crippen MR) is 82.9 cm³/mol. The minimum Gasteiger partial charge on any atom is -0.493 e. The number of benzene rings is 1. The number of likely N-dealkylation sites (tertiary alicyclic amines) is 1. The Kier molecular flexibility index (Phi) is 4.99. The Morgan fingerprint density at radius 3 is 2.86 bits per heavy atom. The fraction of sp³-hybridized carbons (Fsp3) is 0.562. The average molecular weight is 312 g/mol. The summed E-state index contributed by atoms with van der Waals surface area (Å²) in [6.07, 6.45) is 0.688. The summed E-state index contributed by atoms with van der Waals surface area (Å²) in [5, 5.41) is 0.661. The van der Waals surface area contributed by atoms with Crippen molar-refractivity contribution in [2.75, 3.05) is 19.7 Å². The van der Waals surface area contributed by atoms with Gasteiger partial charge in [-0.15, -0.1) is 0 Å². The van der Waals surface area contributed by atoms with Crippen molar-refractivity contribution in [3.63, 3.8) is 0 Å². The van der Waals surface area contributed by atoms with E-state index < -0.39 is 5.60 Å². The van der Waals surface area contributed by atoms with Crippen LogP contribution in [-0.2, 0) is 4.74 Å². The summed E-state index contributed by atoms with van der Waals surface area (Å²) in [7, 11) is 0. The summed E-state index contributed by atoms with van der Waals surface area (Å²) < 4.78 is 11.1. The van der Waals surface area contributed by atoms with Crippen molar-refractivity contribution in [2.24, 2.45) is 5.92 Å². The lowest BCUT2D eigenvalue weighted by molar-refractivity contribution is 0.0285. The van der Waals surface area contributed by atoms with Crippen molar-refractivity contribution in [3.05, 3.63) is 29.3 Å². The molecular weight excluding hydrogens is 290 g/mol. The molecule has 5 heteroatoms. The number of ether oxygens (including phenoxy) is 2. The molecule has 1 saturated heterocycles. The van der Waals surface area contributed by atoms with E-state index in [4.69, 9.17) is 21.1 Å². The fourth-order valence-corrected chi connectivity index (χ4v) is 2.41. The molecule has 0 bridgehead atoms. The first-order valence-corrected chi connectivity index (χ1v) is 7.57. The van der Waals surface area contributed by atoms with Crippen LogP contribution >= 0.6 is 11.6 Å². The van der Waals surface area contributed by atoms with E-state index in [0.717, 1.165) is 18.7 Å². The highest BCUT2D eigenvalue weighted by atomic mass is 35.5. The van der Waals surface area contributed by atoms with E-state index >= 15 is 0 Å². The van der Waals surface area contributed by atoms with Gasteiger partial charge in [-0.1, -0.05) is 17.7 Å². The van der Waals surface area contributed by atoms with Crippen LogP contribution in [0, 0.1) is 5.92 Å². The van der Waals surface area contributed by atoms with E-state index in [2.05, 4.69) is 0 Å². The summed E-state index contributed by atoms with van der Waals surface area (Å²) in [5.74, 6) is 1.09. The molecule has 1 aliphatic heterocycles. The number of nitrogens with zero attached hydrogens (tertiary/aromatic N) is 1. The first-order chi connectivity index (χ1) is 9.83. The van der Waals surface area contributed by atoms with Crippen molar-refractivity contribution in [3.8, 4) is 5.75 Å². The molecule has 1 amide bonds. The first-order valence-electron chi connectivity index (χ1n) is 7.20. The van der Waals surface area contributed by atoms with Crippen molar-refractivity contribution in [1.82, 2.24) is 4.90 Å². The van der Waals surface area contributed by atoms with Gasteiger partial charge in [-0.05, 0) is 45.4 Å². The molecular formula is C16H22ClNO3. The van der Waals surface area contributed by atoms with Crippen LogP contribution in [0.4, 0.5) is 4.79 Å². The molecule has 1 aliphatic rings. The first kappa shape index (κ1) is 16.0. The van der Waals surface area contributed by atoms with Gasteiger partial charge in [-0.3, -0.25) is 0 Å². The Morgan fingerprint density at radius 1 is 1.43 bits per heavy atom. The Balaban J connectivity index is 1.79. The lowest BCUT2D eigenvalue weighted by atomic mass is 10.1. The van der Waals surface area contributed by atoms with Crippen LogP contribution in [0.3, 0.4) is 0 Å². The predicted octanol–water partition coefficient (Wildman–Crippen LogP) is 3.98. The number of rotatable bonds is 3. The number of carbonyl (C=O) groups excluding carboxylic acids is 1. The molecule has 4 nitrogen and oxygen atoms in total. The van der Waals surface area contributed by atoms with Gasteiger partial charge in [0.2, 0.25) is 0 Å². The highest BCUT2D eigenvalue weighted by Crippen LogP contribution is 2.22. The van der Waals surface area contributed by atoms with E-state index in [1.165, 1.54) is 0 Å². The van der Waals surface area contributed by atoms with Crippen LogP contribution in [-0.4, -0.2) is 36.3 Å². The van der Waals surface area contributed by atoms with Crippen LogP contribution in [0.25, 0.3) is 0 Å². The third-order valence-corrected chi connectivity index (χ3v) is 3.45. The molecule has 1 aromatic carbocycles. The molecule has 1 aromatic rings. The summed E-state index contributed by atoms with van der Waals surface area (Å²) in [6.45, 7) is 7.61. The smallest absolute Gasteiger partial charge is 0.410 e. The van der Waals surface area contributed by atoms with Crippen LogP contribution in [0.2, 0.25) is 5.02 Å². The van der Waals surface area contributed by atoms with Crippen LogP contribution in [0.15, 0.2) is 24.3 Å². The summed E-state index contributed by atoms with van der Waals surface area (Å²) in [6, 6.07) is 7.35. The maximum Gasteiger partial charge on any atom is 0.410 e. The third kappa shape index (κ3) is 5.12. The van der Waals surface area contributed by atoms with Crippen LogP contribution in [0.5, 0.6) is 5.75 Å². The zero-order valence-corrected chi connectivity index (χ0v) is 13.5.